The lowest BCUT2D eigenvalue weighted by Gasteiger charge is -2.39. The van der Waals surface area contributed by atoms with Gasteiger partial charge in [0, 0.05) is 0 Å². The van der Waals surface area contributed by atoms with Gasteiger partial charge in [-0.25, -0.2) is 0 Å². The average Bonchev–Trinajstić information content (AvgIpc) is 2.36. The standard InChI is InChI=1S/C15H14F6/c1-3-8-11(4-2)13(14(16,17)18,15(19,20)21)12-9-6-5-7-10-12/h3-10H,1-2H3/b8-3-,11-4+. The van der Waals surface area contributed by atoms with Crippen LogP contribution in [0.15, 0.2) is 54.1 Å². The summed E-state index contributed by atoms with van der Waals surface area (Å²) in [5, 5.41) is 0. The lowest BCUT2D eigenvalue weighted by Crippen LogP contribution is -2.55. The molecule has 116 valence electrons. The van der Waals surface area contributed by atoms with Crippen molar-refractivity contribution in [2.24, 2.45) is 0 Å². The van der Waals surface area contributed by atoms with Crippen LogP contribution in [0.4, 0.5) is 26.3 Å². The maximum Gasteiger partial charge on any atom is 0.411 e. The van der Waals surface area contributed by atoms with Gasteiger partial charge >= 0.3 is 12.4 Å². The minimum absolute atomic E-state index is 0.841. The van der Waals surface area contributed by atoms with Gasteiger partial charge in [0.1, 0.15) is 0 Å². The SMILES string of the molecule is C/C=C\C(=C/C)C(c1ccccc1)(C(F)(F)F)C(F)(F)F. The van der Waals surface area contributed by atoms with E-state index in [1.807, 2.05) is 0 Å². The van der Waals surface area contributed by atoms with E-state index >= 15 is 0 Å². The second-order valence-corrected chi connectivity index (χ2v) is 4.36. The Kier molecular flexibility index (Phi) is 4.91. The Labute approximate surface area is 118 Å². The third-order valence-corrected chi connectivity index (χ3v) is 3.15. The van der Waals surface area contributed by atoms with Gasteiger partial charge in [0.25, 0.3) is 0 Å². The Morgan fingerprint density at radius 1 is 0.857 bits per heavy atom. The highest BCUT2D eigenvalue weighted by molar-refractivity contribution is 5.46. The van der Waals surface area contributed by atoms with Crippen LogP contribution in [0.5, 0.6) is 0 Å². The summed E-state index contributed by atoms with van der Waals surface area (Å²) in [6, 6.07) is 5.36. The molecule has 0 aliphatic carbocycles. The van der Waals surface area contributed by atoms with Gasteiger partial charge in [0.05, 0.1) is 0 Å². The lowest BCUT2D eigenvalue weighted by molar-refractivity contribution is -0.289. The summed E-state index contributed by atoms with van der Waals surface area (Å²) in [5.41, 5.74) is -5.74. The molecule has 0 saturated heterocycles. The minimum atomic E-state index is -5.52. The summed E-state index contributed by atoms with van der Waals surface area (Å²) < 4.78 is 81.1. The summed E-state index contributed by atoms with van der Waals surface area (Å²) >= 11 is 0. The number of hydrogen-bond acceptors (Lipinski definition) is 0. The first-order chi connectivity index (χ1) is 9.62. The highest BCUT2D eigenvalue weighted by Crippen LogP contribution is 2.56. The zero-order valence-corrected chi connectivity index (χ0v) is 11.4. The van der Waals surface area contributed by atoms with Gasteiger partial charge in [-0.2, -0.15) is 26.3 Å². The number of halogens is 6. The topological polar surface area (TPSA) is 0 Å². The van der Waals surface area contributed by atoms with Gasteiger partial charge in [-0.15, -0.1) is 0 Å². The van der Waals surface area contributed by atoms with E-state index in [4.69, 9.17) is 0 Å². The molecule has 0 nitrogen and oxygen atoms in total. The molecule has 1 rings (SSSR count). The van der Waals surface area contributed by atoms with Crippen molar-refractivity contribution in [2.75, 3.05) is 0 Å². The molecule has 1 aromatic carbocycles. The molecule has 1 aromatic rings. The molecule has 0 bridgehead atoms. The van der Waals surface area contributed by atoms with Gasteiger partial charge in [-0.05, 0) is 25.0 Å². The highest BCUT2D eigenvalue weighted by Gasteiger charge is 2.72. The van der Waals surface area contributed by atoms with Crippen molar-refractivity contribution < 1.29 is 26.3 Å². The zero-order valence-electron chi connectivity index (χ0n) is 11.4. The summed E-state index contributed by atoms with van der Waals surface area (Å²) in [4.78, 5) is 0. The maximum atomic E-state index is 13.5. The van der Waals surface area contributed by atoms with E-state index in [1.54, 1.807) is 0 Å². The number of benzene rings is 1. The van der Waals surface area contributed by atoms with Gasteiger partial charge in [-0.3, -0.25) is 0 Å². The molecular weight excluding hydrogens is 294 g/mol. The molecule has 0 atom stereocenters. The number of alkyl halides is 6. The second kappa shape index (κ2) is 5.95. The van der Waals surface area contributed by atoms with Gasteiger partial charge < -0.3 is 0 Å². The molecule has 0 aliphatic heterocycles. The van der Waals surface area contributed by atoms with Crippen LogP contribution in [0, 0.1) is 0 Å². The largest absolute Gasteiger partial charge is 0.411 e. The average molecular weight is 308 g/mol. The molecule has 6 heteroatoms. The predicted molar refractivity (Wildman–Crippen MR) is 68.8 cm³/mol. The van der Waals surface area contributed by atoms with Crippen molar-refractivity contribution in [3.63, 3.8) is 0 Å². The number of hydrogen-bond donors (Lipinski definition) is 0. The molecule has 0 radical (unpaired) electrons. The fraction of sp³-hybridized carbons (Fsp3) is 0.333. The molecule has 0 heterocycles. The van der Waals surface area contributed by atoms with Gasteiger partial charge in [0.2, 0.25) is 5.41 Å². The maximum absolute atomic E-state index is 13.5. The zero-order chi connectivity index (χ0) is 16.3. The third kappa shape index (κ3) is 2.84. The molecular formula is C15H14F6. The molecule has 0 aromatic heterocycles. The molecule has 0 amide bonds. The summed E-state index contributed by atoms with van der Waals surface area (Å²) in [6.45, 7) is 2.52. The smallest absolute Gasteiger partial charge is 0.169 e. The van der Waals surface area contributed by atoms with E-state index in [0.29, 0.717) is 0 Å². The Morgan fingerprint density at radius 3 is 1.67 bits per heavy atom. The molecule has 0 fully saturated rings. The third-order valence-electron chi connectivity index (χ3n) is 3.15. The van der Waals surface area contributed by atoms with Crippen molar-refractivity contribution in [1.82, 2.24) is 0 Å². The van der Waals surface area contributed by atoms with Crippen molar-refractivity contribution in [2.45, 2.75) is 31.6 Å². The van der Waals surface area contributed by atoms with Gasteiger partial charge in [0.15, 0.2) is 0 Å². The van der Waals surface area contributed by atoms with E-state index in [2.05, 4.69) is 0 Å². The monoisotopic (exact) mass is 308 g/mol. The van der Waals surface area contributed by atoms with Gasteiger partial charge in [-0.1, -0.05) is 48.6 Å². The fourth-order valence-electron chi connectivity index (χ4n) is 2.29. The Balaban J connectivity index is 3.85. The van der Waals surface area contributed by atoms with Crippen LogP contribution in [-0.4, -0.2) is 12.4 Å². The Hall–Kier alpha value is -1.72. The normalized spacial score (nSPS) is 14.8. The van der Waals surface area contributed by atoms with Crippen LogP contribution in [0.2, 0.25) is 0 Å². The summed E-state index contributed by atoms with van der Waals surface area (Å²) in [5.74, 6) is 0. The summed E-state index contributed by atoms with van der Waals surface area (Å²) in [7, 11) is 0. The quantitative estimate of drug-likeness (QED) is 0.506. The first-order valence-corrected chi connectivity index (χ1v) is 6.11. The first-order valence-electron chi connectivity index (χ1n) is 6.11. The van der Waals surface area contributed by atoms with E-state index < -0.39 is 28.9 Å². The van der Waals surface area contributed by atoms with Crippen LogP contribution in [0.25, 0.3) is 0 Å². The van der Waals surface area contributed by atoms with Crippen molar-refractivity contribution in [1.29, 1.82) is 0 Å². The Bertz CT molecular complexity index is 505. The van der Waals surface area contributed by atoms with Crippen molar-refractivity contribution in [3.05, 3.63) is 59.7 Å². The van der Waals surface area contributed by atoms with E-state index in [0.717, 1.165) is 49.4 Å². The number of rotatable bonds is 3. The van der Waals surface area contributed by atoms with Crippen LogP contribution in [0.1, 0.15) is 19.4 Å². The second-order valence-electron chi connectivity index (χ2n) is 4.36. The molecule has 0 aliphatic rings. The fourth-order valence-corrected chi connectivity index (χ4v) is 2.29. The summed E-state index contributed by atoms with van der Waals surface area (Å²) in [6.07, 6.45) is -8.20. The molecule has 0 saturated carbocycles. The van der Waals surface area contributed by atoms with E-state index in [-0.39, 0.29) is 0 Å². The van der Waals surface area contributed by atoms with Crippen LogP contribution >= 0.6 is 0 Å². The Morgan fingerprint density at radius 2 is 1.33 bits per heavy atom. The van der Waals surface area contributed by atoms with Crippen LogP contribution < -0.4 is 0 Å². The van der Waals surface area contributed by atoms with Crippen LogP contribution in [-0.2, 0) is 5.41 Å². The lowest BCUT2D eigenvalue weighted by atomic mass is 9.72. The predicted octanol–water partition coefficient (Wildman–Crippen LogP) is 5.57. The minimum Gasteiger partial charge on any atom is -0.169 e. The molecule has 0 spiro atoms. The van der Waals surface area contributed by atoms with Crippen molar-refractivity contribution >= 4 is 0 Å². The number of allylic oxidation sites excluding steroid dienone is 4. The molecule has 21 heavy (non-hydrogen) atoms. The van der Waals surface area contributed by atoms with Crippen LogP contribution in [0.3, 0.4) is 0 Å². The highest BCUT2D eigenvalue weighted by atomic mass is 19.4. The first kappa shape index (κ1) is 17.3. The molecule has 0 unspecified atom stereocenters. The van der Waals surface area contributed by atoms with Crippen molar-refractivity contribution in [3.8, 4) is 0 Å². The van der Waals surface area contributed by atoms with E-state index in [1.165, 1.54) is 13.0 Å². The van der Waals surface area contributed by atoms with E-state index in [9.17, 15) is 26.3 Å². The molecule has 0 N–H and O–H groups in total.